The molecule has 1 fully saturated rings. The minimum atomic E-state index is -0.443. The third-order valence-electron chi connectivity index (χ3n) is 2.60. The summed E-state index contributed by atoms with van der Waals surface area (Å²) < 4.78 is 5.05. The predicted octanol–water partition coefficient (Wildman–Crippen LogP) is -0.109. The molecule has 0 atom stereocenters. The predicted molar refractivity (Wildman–Crippen MR) is 50.5 cm³/mol. The summed E-state index contributed by atoms with van der Waals surface area (Å²) in [6.45, 7) is 4.04. The molecule has 76 valence electrons. The molecule has 1 saturated heterocycles. The van der Waals surface area contributed by atoms with Crippen LogP contribution >= 0.6 is 0 Å². The Morgan fingerprint density at radius 2 is 2.15 bits per heavy atom. The molecule has 0 amide bonds. The first-order valence-electron chi connectivity index (χ1n) is 4.82. The number of piperidine rings is 1. The molecule has 0 aromatic rings. The van der Waals surface area contributed by atoms with E-state index in [1.807, 2.05) is 14.0 Å². The number of esters is 1. The SMILES string of the molecule is CCOC(=O)C1(NC)CCNCC1. The van der Waals surface area contributed by atoms with Crippen molar-refractivity contribution in [1.82, 2.24) is 10.6 Å². The summed E-state index contributed by atoms with van der Waals surface area (Å²) in [6, 6.07) is 0. The molecule has 0 unspecified atom stereocenters. The molecule has 1 heterocycles. The van der Waals surface area contributed by atoms with Gasteiger partial charge >= 0.3 is 5.97 Å². The first-order chi connectivity index (χ1) is 6.25. The van der Waals surface area contributed by atoms with Crippen molar-refractivity contribution in [2.75, 3.05) is 26.7 Å². The van der Waals surface area contributed by atoms with Crippen molar-refractivity contribution in [2.24, 2.45) is 0 Å². The van der Waals surface area contributed by atoms with Gasteiger partial charge in [0.25, 0.3) is 0 Å². The molecule has 0 aliphatic carbocycles. The van der Waals surface area contributed by atoms with E-state index in [-0.39, 0.29) is 5.97 Å². The van der Waals surface area contributed by atoms with Crippen molar-refractivity contribution < 1.29 is 9.53 Å². The van der Waals surface area contributed by atoms with E-state index < -0.39 is 5.54 Å². The number of carbonyl (C=O) groups excluding carboxylic acids is 1. The molecule has 1 rings (SSSR count). The average Bonchev–Trinajstić information content (AvgIpc) is 2.19. The maximum Gasteiger partial charge on any atom is 0.326 e. The first-order valence-corrected chi connectivity index (χ1v) is 4.82. The number of hydrogen-bond acceptors (Lipinski definition) is 4. The van der Waals surface area contributed by atoms with Crippen LogP contribution in [-0.4, -0.2) is 38.3 Å². The number of likely N-dealkylation sites (N-methyl/N-ethyl adjacent to an activating group) is 1. The molecule has 2 N–H and O–H groups in total. The Hall–Kier alpha value is -0.610. The number of hydrogen-bond donors (Lipinski definition) is 2. The molecule has 0 spiro atoms. The maximum atomic E-state index is 11.6. The van der Waals surface area contributed by atoms with E-state index in [0.717, 1.165) is 25.9 Å². The maximum absolute atomic E-state index is 11.6. The summed E-state index contributed by atoms with van der Waals surface area (Å²) >= 11 is 0. The van der Waals surface area contributed by atoms with Gasteiger partial charge in [-0.1, -0.05) is 0 Å². The molecule has 1 aliphatic rings. The second-order valence-corrected chi connectivity index (χ2v) is 3.30. The molecular weight excluding hydrogens is 168 g/mol. The molecule has 0 radical (unpaired) electrons. The average molecular weight is 186 g/mol. The van der Waals surface area contributed by atoms with Crippen LogP contribution in [0.2, 0.25) is 0 Å². The monoisotopic (exact) mass is 186 g/mol. The van der Waals surface area contributed by atoms with Gasteiger partial charge in [-0.15, -0.1) is 0 Å². The zero-order chi connectivity index (χ0) is 9.73. The Kier molecular flexibility index (Phi) is 3.69. The molecule has 0 aromatic heterocycles. The highest BCUT2D eigenvalue weighted by Crippen LogP contribution is 2.19. The van der Waals surface area contributed by atoms with E-state index in [0.29, 0.717) is 6.61 Å². The molecule has 13 heavy (non-hydrogen) atoms. The van der Waals surface area contributed by atoms with Gasteiger partial charge in [0.15, 0.2) is 0 Å². The van der Waals surface area contributed by atoms with Gasteiger partial charge in [0, 0.05) is 0 Å². The van der Waals surface area contributed by atoms with Crippen LogP contribution < -0.4 is 10.6 Å². The number of nitrogens with one attached hydrogen (secondary N) is 2. The Morgan fingerprint density at radius 1 is 1.54 bits per heavy atom. The van der Waals surface area contributed by atoms with Crippen LogP contribution in [0, 0.1) is 0 Å². The van der Waals surface area contributed by atoms with Gasteiger partial charge in [-0.2, -0.15) is 0 Å². The highest BCUT2D eigenvalue weighted by molar-refractivity contribution is 5.81. The molecule has 4 nitrogen and oxygen atoms in total. The quantitative estimate of drug-likeness (QED) is 0.604. The first kappa shape index (κ1) is 10.5. The van der Waals surface area contributed by atoms with E-state index in [1.54, 1.807) is 0 Å². The molecule has 0 aromatic carbocycles. The highest BCUT2D eigenvalue weighted by atomic mass is 16.5. The fourth-order valence-corrected chi connectivity index (χ4v) is 1.68. The van der Waals surface area contributed by atoms with Crippen LogP contribution in [0.1, 0.15) is 19.8 Å². The van der Waals surface area contributed by atoms with Crippen molar-refractivity contribution in [3.05, 3.63) is 0 Å². The zero-order valence-corrected chi connectivity index (χ0v) is 8.35. The van der Waals surface area contributed by atoms with Crippen molar-refractivity contribution in [2.45, 2.75) is 25.3 Å². The Balaban J connectivity index is 2.61. The van der Waals surface area contributed by atoms with E-state index in [1.165, 1.54) is 0 Å². The van der Waals surface area contributed by atoms with E-state index in [9.17, 15) is 4.79 Å². The normalized spacial score (nSPS) is 21.1. The van der Waals surface area contributed by atoms with Crippen LogP contribution in [0.15, 0.2) is 0 Å². The number of rotatable bonds is 3. The van der Waals surface area contributed by atoms with Gasteiger partial charge in [-0.3, -0.25) is 4.79 Å². The van der Waals surface area contributed by atoms with Gasteiger partial charge in [-0.05, 0) is 39.9 Å². The van der Waals surface area contributed by atoms with Gasteiger partial charge < -0.3 is 15.4 Å². The molecule has 0 bridgehead atoms. The summed E-state index contributed by atoms with van der Waals surface area (Å²) in [6.07, 6.45) is 1.62. The second-order valence-electron chi connectivity index (χ2n) is 3.30. The van der Waals surface area contributed by atoms with Gasteiger partial charge in [-0.25, -0.2) is 0 Å². The lowest BCUT2D eigenvalue weighted by Crippen LogP contribution is -2.57. The van der Waals surface area contributed by atoms with E-state index >= 15 is 0 Å². The summed E-state index contributed by atoms with van der Waals surface area (Å²) in [5.41, 5.74) is -0.443. The molecule has 1 aliphatic heterocycles. The van der Waals surface area contributed by atoms with Crippen molar-refractivity contribution >= 4 is 5.97 Å². The van der Waals surface area contributed by atoms with Gasteiger partial charge in [0.2, 0.25) is 0 Å². The fourth-order valence-electron chi connectivity index (χ4n) is 1.68. The Morgan fingerprint density at radius 3 is 2.62 bits per heavy atom. The third kappa shape index (κ3) is 2.19. The number of ether oxygens (including phenoxy) is 1. The van der Waals surface area contributed by atoms with Crippen molar-refractivity contribution in [3.8, 4) is 0 Å². The lowest BCUT2D eigenvalue weighted by Gasteiger charge is -2.34. The van der Waals surface area contributed by atoms with Crippen LogP contribution in [0.5, 0.6) is 0 Å². The largest absolute Gasteiger partial charge is 0.465 e. The minimum Gasteiger partial charge on any atom is -0.465 e. The Labute approximate surface area is 79.0 Å². The van der Waals surface area contributed by atoms with Crippen LogP contribution in [0.25, 0.3) is 0 Å². The van der Waals surface area contributed by atoms with Crippen LogP contribution in [0.3, 0.4) is 0 Å². The number of carbonyl (C=O) groups is 1. The minimum absolute atomic E-state index is 0.112. The summed E-state index contributed by atoms with van der Waals surface area (Å²) in [4.78, 5) is 11.6. The summed E-state index contributed by atoms with van der Waals surface area (Å²) in [7, 11) is 1.82. The van der Waals surface area contributed by atoms with Gasteiger partial charge in [0.1, 0.15) is 5.54 Å². The molecule has 0 saturated carbocycles. The van der Waals surface area contributed by atoms with Crippen LogP contribution in [0.4, 0.5) is 0 Å². The lowest BCUT2D eigenvalue weighted by atomic mass is 9.88. The summed E-state index contributed by atoms with van der Waals surface area (Å²) in [5.74, 6) is -0.112. The van der Waals surface area contributed by atoms with Crippen LogP contribution in [-0.2, 0) is 9.53 Å². The standard InChI is InChI=1S/C9H18N2O2/c1-3-13-8(12)9(10-2)4-6-11-7-5-9/h10-11H,3-7H2,1-2H3. The van der Waals surface area contributed by atoms with E-state index in [4.69, 9.17) is 4.74 Å². The second kappa shape index (κ2) is 4.58. The molecule has 4 heteroatoms. The highest BCUT2D eigenvalue weighted by Gasteiger charge is 2.39. The van der Waals surface area contributed by atoms with Crippen molar-refractivity contribution in [3.63, 3.8) is 0 Å². The topological polar surface area (TPSA) is 50.4 Å². The zero-order valence-electron chi connectivity index (χ0n) is 8.35. The van der Waals surface area contributed by atoms with Gasteiger partial charge in [0.05, 0.1) is 6.61 Å². The third-order valence-corrected chi connectivity index (χ3v) is 2.60. The summed E-state index contributed by atoms with van der Waals surface area (Å²) in [5, 5.41) is 6.31. The smallest absolute Gasteiger partial charge is 0.326 e. The fraction of sp³-hybridized carbons (Fsp3) is 0.889. The van der Waals surface area contributed by atoms with Crippen molar-refractivity contribution in [1.29, 1.82) is 0 Å². The Bertz CT molecular complexity index is 176. The lowest BCUT2D eigenvalue weighted by molar-refractivity contribution is -0.152. The van der Waals surface area contributed by atoms with E-state index in [2.05, 4.69) is 10.6 Å². The molecular formula is C9H18N2O2.